The van der Waals surface area contributed by atoms with Gasteiger partial charge in [0.1, 0.15) is 0 Å². The smallest absolute Gasteiger partial charge is 0.231 e. The molecule has 0 radical (unpaired) electrons. The molecule has 5 nitrogen and oxygen atoms in total. The lowest BCUT2D eigenvalue weighted by molar-refractivity contribution is -0.136. The molecule has 0 spiro atoms. The van der Waals surface area contributed by atoms with Crippen molar-refractivity contribution < 1.29 is 9.59 Å². The summed E-state index contributed by atoms with van der Waals surface area (Å²) in [5, 5.41) is 0. The number of nitrogens with zero attached hydrogens (tertiary/aromatic N) is 3. The minimum absolute atomic E-state index is 0.0749. The maximum Gasteiger partial charge on any atom is 0.231 e. The van der Waals surface area contributed by atoms with Crippen molar-refractivity contribution in [1.29, 1.82) is 0 Å². The van der Waals surface area contributed by atoms with Crippen LogP contribution in [0.1, 0.15) is 12.0 Å². The van der Waals surface area contributed by atoms with Crippen molar-refractivity contribution in [2.45, 2.75) is 17.7 Å². The van der Waals surface area contributed by atoms with Crippen LogP contribution < -0.4 is 4.90 Å². The maximum atomic E-state index is 13.5. The summed E-state index contributed by atoms with van der Waals surface area (Å²) in [6.45, 7) is 3.92. The van der Waals surface area contributed by atoms with E-state index in [0.717, 1.165) is 43.2 Å². The van der Waals surface area contributed by atoms with Crippen LogP contribution in [0.25, 0.3) is 0 Å². The number of amides is 2. The van der Waals surface area contributed by atoms with Crippen molar-refractivity contribution in [3.05, 3.63) is 60.2 Å². The molecule has 0 bridgehead atoms. The summed E-state index contributed by atoms with van der Waals surface area (Å²) in [5.74, 6) is 0.546. The molecule has 6 heteroatoms. The second-order valence-electron chi connectivity index (χ2n) is 8.09. The number of para-hydroxylation sites is 1. The van der Waals surface area contributed by atoms with Gasteiger partial charge in [-0.2, -0.15) is 0 Å². The number of hydrogen-bond acceptors (Lipinski definition) is 4. The Morgan fingerprint density at radius 1 is 1.00 bits per heavy atom. The van der Waals surface area contributed by atoms with E-state index in [-0.39, 0.29) is 17.7 Å². The van der Waals surface area contributed by atoms with Crippen LogP contribution in [0.4, 0.5) is 5.69 Å². The summed E-state index contributed by atoms with van der Waals surface area (Å²) in [6.07, 6.45) is 1.09. The minimum atomic E-state index is -0.287. The number of carbonyl (C=O) groups excluding carboxylic acids is 2. The Morgan fingerprint density at radius 3 is 2.47 bits per heavy atom. The normalized spacial score (nSPS) is 20.0. The highest BCUT2D eigenvalue weighted by Gasteiger charge is 2.33. The molecule has 158 valence electrons. The molecule has 2 aromatic carbocycles. The second kappa shape index (κ2) is 9.67. The third kappa shape index (κ3) is 4.87. The highest BCUT2D eigenvalue weighted by atomic mass is 32.2. The molecule has 0 N–H and O–H groups in total. The molecule has 0 aromatic heterocycles. The van der Waals surface area contributed by atoms with Crippen LogP contribution >= 0.6 is 11.8 Å². The van der Waals surface area contributed by atoms with Crippen LogP contribution in [0.2, 0.25) is 0 Å². The van der Waals surface area contributed by atoms with Gasteiger partial charge in [-0.3, -0.25) is 9.59 Å². The largest absolute Gasteiger partial charge is 0.340 e. The van der Waals surface area contributed by atoms with E-state index in [1.165, 1.54) is 5.56 Å². The topological polar surface area (TPSA) is 43.9 Å². The number of anilines is 1. The van der Waals surface area contributed by atoms with E-state index < -0.39 is 0 Å². The Morgan fingerprint density at radius 2 is 1.70 bits per heavy atom. The summed E-state index contributed by atoms with van der Waals surface area (Å²) in [7, 11) is 2.08. The molecule has 30 heavy (non-hydrogen) atoms. The molecule has 2 heterocycles. The van der Waals surface area contributed by atoms with Gasteiger partial charge >= 0.3 is 0 Å². The predicted molar refractivity (Wildman–Crippen MR) is 122 cm³/mol. The van der Waals surface area contributed by atoms with Gasteiger partial charge in [-0.15, -0.1) is 11.8 Å². The molecule has 2 aliphatic rings. The number of fused-ring (bicyclic) bond motifs is 1. The van der Waals surface area contributed by atoms with Crippen molar-refractivity contribution in [1.82, 2.24) is 9.80 Å². The van der Waals surface area contributed by atoms with E-state index in [4.69, 9.17) is 0 Å². The Hall–Kier alpha value is -2.31. The number of benzene rings is 2. The zero-order chi connectivity index (χ0) is 20.9. The predicted octanol–water partition coefficient (Wildman–Crippen LogP) is 3.15. The van der Waals surface area contributed by atoms with E-state index in [2.05, 4.69) is 30.1 Å². The van der Waals surface area contributed by atoms with Gasteiger partial charge in [0.25, 0.3) is 0 Å². The van der Waals surface area contributed by atoms with Gasteiger partial charge in [0.2, 0.25) is 11.8 Å². The first-order valence-corrected chi connectivity index (χ1v) is 11.6. The van der Waals surface area contributed by atoms with Gasteiger partial charge in [0.15, 0.2) is 0 Å². The molecule has 0 saturated carbocycles. The van der Waals surface area contributed by atoms with Gasteiger partial charge in [-0.05, 0) is 31.2 Å². The number of hydrogen-bond donors (Lipinski definition) is 0. The molecule has 1 fully saturated rings. The monoisotopic (exact) mass is 423 g/mol. The molecule has 1 unspecified atom stereocenters. The van der Waals surface area contributed by atoms with Crippen molar-refractivity contribution in [3.8, 4) is 0 Å². The fourth-order valence-electron chi connectivity index (χ4n) is 4.06. The lowest BCUT2D eigenvalue weighted by atomic mass is 10.0. The molecular weight excluding hydrogens is 394 g/mol. The van der Waals surface area contributed by atoms with Gasteiger partial charge < -0.3 is 14.7 Å². The lowest BCUT2D eigenvalue weighted by Crippen LogP contribution is -2.48. The molecular formula is C24H29N3O2S. The highest BCUT2D eigenvalue weighted by molar-refractivity contribution is 7.99. The van der Waals surface area contributed by atoms with Crippen LogP contribution in [0, 0.1) is 5.92 Å². The van der Waals surface area contributed by atoms with Crippen molar-refractivity contribution in [2.75, 3.05) is 50.4 Å². The average Bonchev–Trinajstić information content (AvgIpc) is 2.90. The molecule has 2 amide bonds. The van der Waals surface area contributed by atoms with Crippen molar-refractivity contribution in [2.24, 2.45) is 5.92 Å². The minimum Gasteiger partial charge on any atom is -0.340 e. The number of likely N-dealkylation sites (N-methyl/N-ethyl adjacent to an activating group) is 1. The van der Waals surface area contributed by atoms with E-state index in [9.17, 15) is 9.59 Å². The molecule has 1 saturated heterocycles. The molecule has 2 aromatic rings. The fraction of sp³-hybridized carbons (Fsp3) is 0.417. The first kappa shape index (κ1) is 20.9. The second-order valence-corrected chi connectivity index (χ2v) is 9.15. The number of piperazine rings is 1. The van der Waals surface area contributed by atoms with Crippen LogP contribution in [-0.2, 0) is 16.0 Å². The average molecular weight is 424 g/mol. The Kier molecular flexibility index (Phi) is 6.75. The Balaban J connectivity index is 1.49. The van der Waals surface area contributed by atoms with Crippen LogP contribution in [0.3, 0.4) is 0 Å². The molecule has 0 aliphatic carbocycles. The molecule has 4 rings (SSSR count). The highest BCUT2D eigenvalue weighted by Crippen LogP contribution is 2.37. The zero-order valence-electron chi connectivity index (χ0n) is 17.5. The summed E-state index contributed by atoms with van der Waals surface area (Å²) < 4.78 is 0. The van der Waals surface area contributed by atoms with Crippen molar-refractivity contribution >= 4 is 29.3 Å². The third-order valence-electron chi connectivity index (χ3n) is 5.96. The van der Waals surface area contributed by atoms with E-state index in [0.29, 0.717) is 18.7 Å². The van der Waals surface area contributed by atoms with Gasteiger partial charge in [-0.1, -0.05) is 42.5 Å². The SMILES string of the molecule is CN1CCN(C(=O)CC2CSc3ccccc3N(CCc3ccccc3)C2=O)CC1. The quantitative estimate of drug-likeness (QED) is 0.741. The zero-order valence-corrected chi connectivity index (χ0v) is 18.3. The first-order chi connectivity index (χ1) is 14.6. The number of rotatable bonds is 5. The van der Waals surface area contributed by atoms with Crippen molar-refractivity contribution in [3.63, 3.8) is 0 Å². The Bertz CT molecular complexity index is 881. The third-order valence-corrected chi connectivity index (χ3v) is 7.18. The number of carbonyl (C=O) groups is 2. The standard InChI is InChI=1S/C24H29N3O2S/c1-25-13-15-26(16-14-25)23(28)17-20-18-30-22-10-6-5-9-21(22)27(24(20)29)12-11-19-7-3-2-4-8-19/h2-10,20H,11-18H2,1H3. The van der Waals surface area contributed by atoms with Gasteiger partial charge in [0, 0.05) is 49.8 Å². The summed E-state index contributed by atoms with van der Waals surface area (Å²) in [5.41, 5.74) is 2.18. The summed E-state index contributed by atoms with van der Waals surface area (Å²) in [4.78, 5) is 33.6. The van der Waals surface area contributed by atoms with E-state index >= 15 is 0 Å². The van der Waals surface area contributed by atoms with Gasteiger partial charge in [0.05, 0.1) is 11.6 Å². The summed E-state index contributed by atoms with van der Waals surface area (Å²) >= 11 is 1.69. The van der Waals surface area contributed by atoms with Crippen LogP contribution in [0.15, 0.2) is 59.5 Å². The lowest BCUT2D eigenvalue weighted by Gasteiger charge is -2.33. The van der Waals surface area contributed by atoms with Gasteiger partial charge in [-0.25, -0.2) is 0 Å². The fourth-order valence-corrected chi connectivity index (χ4v) is 5.20. The molecule has 1 atom stereocenters. The Labute approximate surface area is 183 Å². The van der Waals surface area contributed by atoms with Crippen LogP contribution in [0.5, 0.6) is 0 Å². The number of thioether (sulfide) groups is 1. The summed E-state index contributed by atoms with van der Waals surface area (Å²) in [6, 6.07) is 18.4. The van der Waals surface area contributed by atoms with Crippen LogP contribution in [-0.4, -0.2) is 67.1 Å². The van der Waals surface area contributed by atoms with E-state index in [1.54, 1.807) is 11.8 Å². The van der Waals surface area contributed by atoms with E-state index in [1.807, 2.05) is 46.2 Å². The molecule has 2 aliphatic heterocycles. The maximum absolute atomic E-state index is 13.5. The first-order valence-electron chi connectivity index (χ1n) is 10.7.